The lowest BCUT2D eigenvalue weighted by Crippen LogP contribution is -2.37. The van der Waals surface area contributed by atoms with Gasteiger partial charge in [-0.1, -0.05) is 41.9 Å². The van der Waals surface area contributed by atoms with E-state index in [-0.39, 0.29) is 11.7 Å². The van der Waals surface area contributed by atoms with Gasteiger partial charge in [0.25, 0.3) is 0 Å². The number of carbonyl (C=O) groups is 2. The number of nitrogens with zero attached hydrogens (tertiary/aromatic N) is 1. The molecule has 0 fully saturated rings. The van der Waals surface area contributed by atoms with E-state index in [1.165, 1.54) is 7.11 Å². The summed E-state index contributed by atoms with van der Waals surface area (Å²) in [5, 5.41) is 0.521. The number of methoxy groups -OCH3 is 2. The normalized spacial score (nSPS) is 23.2. The van der Waals surface area contributed by atoms with Crippen molar-refractivity contribution in [3.63, 3.8) is 0 Å². The number of allylic oxidation sites excluding steroid dienone is 2. The Balaban J connectivity index is 1.79. The summed E-state index contributed by atoms with van der Waals surface area (Å²) in [5.41, 5.74) is 3.77. The topological polar surface area (TPSA) is 65.0 Å². The molecule has 1 heterocycles. The van der Waals surface area contributed by atoms with Crippen LogP contribution in [0.4, 0.5) is 0 Å². The van der Waals surface area contributed by atoms with Gasteiger partial charge in [0.05, 0.1) is 14.2 Å². The van der Waals surface area contributed by atoms with E-state index in [1.54, 1.807) is 13.2 Å². The highest BCUT2D eigenvalue weighted by molar-refractivity contribution is 6.31. The van der Waals surface area contributed by atoms with Crippen LogP contribution < -0.4 is 4.74 Å². The molecule has 2 aromatic rings. The van der Waals surface area contributed by atoms with Gasteiger partial charge in [-0.2, -0.15) is 0 Å². The molecule has 0 radical (unpaired) electrons. The van der Waals surface area contributed by atoms with Gasteiger partial charge in [0.2, 0.25) is 0 Å². The highest BCUT2D eigenvalue weighted by atomic mass is 35.5. The molecule has 31 heavy (non-hydrogen) atoms. The Kier molecular flexibility index (Phi) is 5.96. The molecule has 2 aliphatic rings. The number of Topliss-reactive ketones (excluding diaryl/α,β-unsaturated/α-hetero) is 1. The van der Waals surface area contributed by atoms with E-state index >= 15 is 0 Å². The maximum absolute atomic E-state index is 13.4. The van der Waals surface area contributed by atoms with Crippen LogP contribution in [0.5, 0.6) is 5.75 Å². The molecule has 160 valence electrons. The molecule has 5 nitrogen and oxygen atoms in total. The first kappa shape index (κ1) is 21.3. The van der Waals surface area contributed by atoms with Crippen LogP contribution in [0.1, 0.15) is 42.7 Å². The summed E-state index contributed by atoms with van der Waals surface area (Å²) in [7, 11) is 2.98. The predicted molar refractivity (Wildman–Crippen MR) is 120 cm³/mol. The van der Waals surface area contributed by atoms with E-state index in [0.717, 1.165) is 22.6 Å². The van der Waals surface area contributed by atoms with Crippen LogP contribution in [0.2, 0.25) is 5.02 Å². The van der Waals surface area contributed by atoms with Crippen LogP contribution >= 0.6 is 11.6 Å². The Morgan fingerprint density at radius 3 is 2.42 bits per heavy atom. The summed E-state index contributed by atoms with van der Waals surface area (Å²) >= 11 is 6.51. The number of rotatable bonds is 4. The number of hydrogen-bond donors (Lipinski definition) is 0. The minimum absolute atomic E-state index is 0.00265. The largest absolute Gasteiger partial charge is 0.497 e. The number of halogens is 1. The molecule has 3 atom stereocenters. The molecule has 2 aromatic carbocycles. The maximum atomic E-state index is 13.4. The Labute approximate surface area is 186 Å². The summed E-state index contributed by atoms with van der Waals surface area (Å²) in [6.07, 6.45) is 0.980. The zero-order valence-corrected chi connectivity index (χ0v) is 18.5. The van der Waals surface area contributed by atoms with Gasteiger partial charge in [-0.15, -0.1) is 0 Å². The number of benzene rings is 2. The van der Waals surface area contributed by atoms with Crippen molar-refractivity contribution in [2.45, 2.75) is 31.6 Å². The van der Waals surface area contributed by atoms with E-state index in [4.69, 9.17) is 26.1 Å². The molecule has 6 heteroatoms. The third-order valence-electron chi connectivity index (χ3n) is 6.17. The summed E-state index contributed by atoms with van der Waals surface area (Å²) in [5.74, 6) is -0.796. The van der Waals surface area contributed by atoms with Crippen LogP contribution in [0.15, 0.2) is 64.8 Å². The summed E-state index contributed by atoms with van der Waals surface area (Å²) in [6.45, 7) is 1.82. The third-order valence-corrected chi connectivity index (χ3v) is 6.52. The second kappa shape index (κ2) is 8.67. The summed E-state index contributed by atoms with van der Waals surface area (Å²) < 4.78 is 10.3. The molecule has 0 saturated carbocycles. The standard InChI is InChI=1S/C25H24ClNO4/c1-14-22(25(29)31-3)23(18-6-4-5-7-19(18)26)24-20(27-14)12-16(13-21(24)28)15-8-10-17(30-2)11-9-15/h4-11,16,22-23H,12-13H2,1-3H3/t16-,22?,23+/m0/s1. The molecular formula is C25H24ClNO4. The molecule has 4 rings (SSSR count). The van der Waals surface area contributed by atoms with Gasteiger partial charge in [-0.3, -0.25) is 14.6 Å². The van der Waals surface area contributed by atoms with Crippen LogP contribution in [-0.2, 0) is 14.3 Å². The van der Waals surface area contributed by atoms with Crippen molar-refractivity contribution in [1.29, 1.82) is 0 Å². The number of hydrogen-bond acceptors (Lipinski definition) is 5. The summed E-state index contributed by atoms with van der Waals surface area (Å²) in [4.78, 5) is 30.9. The molecule has 1 unspecified atom stereocenters. The molecule has 0 spiro atoms. The van der Waals surface area contributed by atoms with Gasteiger partial charge in [0.15, 0.2) is 5.78 Å². The lowest BCUT2D eigenvalue weighted by Gasteiger charge is -2.36. The zero-order valence-electron chi connectivity index (χ0n) is 17.7. The quantitative estimate of drug-likeness (QED) is 0.624. The average molecular weight is 438 g/mol. The van der Waals surface area contributed by atoms with Gasteiger partial charge in [0.1, 0.15) is 11.7 Å². The zero-order chi connectivity index (χ0) is 22.1. The van der Waals surface area contributed by atoms with Crippen molar-refractivity contribution in [2.24, 2.45) is 10.9 Å². The number of ether oxygens (including phenoxy) is 2. The first-order valence-electron chi connectivity index (χ1n) is 10.2. The molecule has 1 aliphatic heterocycles. The lowest BCUT2D eigenvalue weighted by atomic mass is 9.69. The average Bonchev–Trinajstić information content (AvgIpc) is 2.78. The first-order chi connectivity index (χ1) is 14.9. The fourth-order valence-electron chi connectivity index (χ4n) is 4.67. The van der Waals surface area contributed by atoms with Crippen LogP contribution in [0.25, 0.3) is 0 Å². The van der Waals surface area contributed by atoms with Crippen molar-refractivity contribution in [3.8, 4) is 5.75 Å². The minimum Gasteiger partial charge on any atom is -0.497 e. The molecular weight excluding hydrogens is 414 g/mol. The lowest BCUT2D eigenvalue weighted by molar-refractivity contribution is -0.143. The van der Waals surface area contributed by atoms with Crippen LogP contribution in [-0.4, -0.2) is 31.7 Å². The third kappa shape index (κ3) is 3.90. The van der Waals surface area contributed by atoms with Gasteiger partial charge in [-0.05, 0) is 48.6 Å². The molecule has 0 saturated heterocycles. The van der Waals surface area contributed by atoms with E-state index in [0.29, 0.717) is 29.1 Å². The second-order valence-corrected chi connectivity index (χ2v) is 8.32. The minimum atomic E-state index is -0.676. The Bertz CT molecular complexity index is 1090. The van der Waals surface area contributed by atoms with Crippen molar-refractivity contribution < 1.29 is 19.1 Å². The van der Waals surface area contributed by atoms with E-state index in [1.807, 2.05) is 49.4 Å². The Morgan fingerprint density at radius 1 is 1.06 bits per heavy atom. The smallest absolute Gasteiger partial charge is 0.315 e. The van der Waals surface area contributed by atoms with Crippen molar-refractivity contribution in [3.05, 3.63) is 76.0 Å². The second-order valence-electron chi connectivity index (χ2n) is 7.92. The predicted octanol–water partition coefficient (Wildman–Crippen LogP) is 5.10. The molecule has 0 aromatic heterocycles. The van der Waals surface area contributed by atoms with Crippen molar-refractivity contribution >= 4 is 29.1 Å². The first-order valence-corrected chi connectivity index (χ1v) is 10.6. The van der Waals surface area contributed by atoms with Crippen LogP contribution in [0.3, 0.4) is 0 Å². The SMILES string of the molecule is COC(=O)C1C(C)=NC2=C(C(=O)C[C@@H](c3ccc(OC)cc3)C2)[C@@H]1c1ccccc1Cl. The number of ketones is 1. The highest BCUT2D eigenvalue weighted by Crippen LogP contribution is 2.48. The molecule has 1 aliphatic carbocycles. The fourth-order valence-corrected chi connectivity index (χ4v) is 4.92. The van der Waals surface area contributed by atoms with Gasteiger partial charge < -0.3 is 9.47 Å². The van der Waals surface area contributed by atoms with Crippen molar-refractivity contribution in [1.82, 2.24) is 0 Å². The van der Waals surface area contributed by atoms with Gasteiger partial charge in [-0.25, -0.2) is 0 Å². The molecule has 0 amide bonds. The number of aliphatic imine (C=N–C) groups is 1. The molecule has 0 bridgehead atoms. The van der Waals surface area contributed by atoms with Gasteiger partial charge >= 0.3 is 5.97 Å². The maximum Gasteiger partial charge on any atom is 0.315 e. The van der Waals surface area contributed by atoms with Gasteiger partial charge in [0, 0.05) is 34.3 Å². The number of carbonyl (C=O) groups excluding carboxylic acids is 2. The van der Waals surface area contributed by atoms with Crippen LogP contribution in [0, 0.1) is 5.92 Å². The monoisotopic (exact) mass is 437 g/mol. The molecule has 0 N–H and O–H groups in total. The van der Waals surface area contributed by atoms with E-state index in [9.17, 15) is 9.59 Å². The highest BCUT2D eigenvalue weighted by Gasteiger charge is 2.45. The van der Waals surface area contributed by atoms with Crippen molar-refractivity contribution in [2.75, 3.05) is 14.2 Å². The van der Waals surface area contributed by atoms with E-state index in [2.05, 4.69) is 0 Å². The Hall–Kier alpha value is -2.92. The Morgan fingerprint density at radius 2 is 1.77 bits per heavy atom. The summed E-state index contributed by atoms with van der Waals surface area (Å²) in [6, 6.07) is 15.1. The fraction of sp³-hybridized carbons (Fsp3) is 0.320. The number of esters is 1. The van der Waals surface area contributed by atoms with E-state index < -0.39 is 17.8 Å².